The van der Waals surface area contributed by atoms with Crippen molar-refractivity contribution in [3.8, 4) is 34.2 Å². The van der Waals surface area contributed by atoms with Crippen LogP contribution in [0.2, 0.25) is 0 Å². The van der Waals surface area contributed by atoms with Crippen LogP contribution in [0.4, 0.5) is 8.78 Å². The van der Waals surface area contributed by atoms with Gasteiger partial charge in [0.2, 0.25) is 0 Å². The van der Waals surface area contributed by atoms with Crippen LogP contribution in [0.5, 0.6) is 17.2 Å². The quantitative estimate of drug-likeness (QED) is 0.207. The number of carbonyl (C=O) groups excluding carboxylic acids is 1. The van der Waals surface area contributed by atoms with Crippen LogP contribution in [-0.2, 0) is 13.5 Å². The second-order valence-corrected chi connectivity index (χ2v) is 10.0. The first-order valence-electron chi connectivity index (χ1n) is 13.4. The van der Waals surface area contributed by atoms with Crippen molar-refractivity contribution in [1.82, 2.24) is 19.3 Å². The third kappa shape index (κ3) is 5.19. The molecule has 0 unspecified atom stereocenters. The summed E-state index contributed by atoms with van der Waals surface area (Å²) in [6.45, 7) is 1.66. The number of ether oxygens (including phenoxy) is 2. The van der Waals surface area contributed by atoms with Crippen LogP contribution in [-0.4, -0.2) is 32.2 Å². The predicted molar refractivity (Wildman–Crippen MR) is 158 cm³/mol. The zero-order valence-corrected chi connectivity index (χ0v) is 23.5. The maximum absolute atomic E-state index is 15.2. The number of hydrogen-bond acceptors (Lipinski definition) is 5. The number of nitrogens with one attached hydrogen (secondary N) is 1. The zero-order chi connectivity index (χ0) is 30.2. The van der Waals surface area contributed by atoms with Crippen LogP contribution in [0.1, 0.15) is 21.6 Å². The van der Waals surface area contributed by atoms with Crippen LogP contribution < -0.4 is 15.0 Å². The van der Waals surface area contributed by atoms with Gasteiger partial charge in [-0.25, -0.2) is 18.4 Å². The Morgan fingerprint density at radius 1 is 0.953 bits per heavy atom. The van der Waals surface area contributed by atoms with Crippen molar-refractivity contribution >= 4 is 16.8 Å². The summed E-state index contributed by atoms with van der Waals surface area (Å²) in [6, 6.07) is 20.7. The van der Waals surface area contributed by atoms with E-state index in [4.69, 9.17) is 9.47 Å². The minimum atomic E-state index is -0.658. The molecule has 10 heteroatoms. The molecule has 1 N–H and O–H groups in total. The Kier molecular flexibility index (Phi) is 7.11. The highest BCUT2D eigenvalue weighted by molar-refractivity contribution is 5.98. The van der Waals surface area contributed by atoms with Gasteiger partial charge in [-0.15, -0.1) is 0 Å². The summed E-state index contributed by atoms with van der Waals surface area (Å²) < 4.78 is 42.7. The van der Waals surface area contributed by atoms with E-state index in [1.165, 1.54) is 45.8 Å². The summed E-state index contributed by atoms with van der Waals surface area (Å²) in [4.78, 5) is 34.1. The van der Waals surface area contributed by atoms with Gasteiger partial charge in [-0.3, -0.25) is 14.3 Å². The highest BCUT2D eigenvalue weighted by atomic mass is 19.1. The number of hydrogen-bond donors (Lipinski definition) is 1. The minimum absolute atomic E-state index is 0.00754. The fraction of sp³-hybridized carbons (Fsp3) is 0.121. The van der Waals surface area contributed by atoms with Crippen LogP contribution in [0, 0.1) is 18.6 Å². The van der Waals surface area contributed by atoms with E-state index in [-0.39, 0.29) is 17.7 Å². The number of carbonyl (C=O) groups is 1. The molecule has 0 bridgehead atoms. The van der Waals surface area contributed by atoms with Gasteiger partial charge in [0.15, 0.2) is 17.3 Å². The van der Waals surface area contributed by atoms with Crippen LogP contribution in [0.15, 0.2) is 89.9 Å². The van der Waals surface area contributed by atoms with Crippen molar-refractivity contribution in [2.45, 2.75) is 13.3 Å². The molecule has 0 atom stereocenters. The molecule has 0 spiro atoms. The fourth-order valence-electron chi connectivity index (χ4n) is 5.05. The summed E-state index contributed by atoms with van der Waals surface area (Å²) >= 11 is 0. The molecule has 0 amide bonds. The number of halogens is 2. The van der Waals surface area contributed by atoms with Gasteiger partial charge in [-0.05, 0) is 90.8 Å². The largest absolute Gasteiger partial charge is 0.497 e. The second kappa shape index (κ2) is 11.1. The van der Waals surface area contributed by atoms with Crippen LogP contribution in [0.3, 0.4) is 0 Å². The van der Waals surface area contributed by atoms with Crippen molar-refractivity contribution in [3.63, 3.8) is 0 Å². The molecule has 6 aromatic rings. The molecule has 43 heavy (non-hydrogen) atoms. The van der Waals surface area contributed by atoms with Gasteiger partial charge >= 0.3 is 0 Å². The predicted octanol–water partition coefficient (Wildman–Crippen LogP) is 6.53. The minimum Gasteiger partial charge on any atom is -0.497 e. The maximum atomic E-state index is 15.2. The number of methoxy groups -OCH3 is 1. The molecule has 0 aliphatic carbocycles. The summed E-state index contributed by atoms with van der Waals surface area (Å²) in [5.74, 6) is -0.428. The Morgan fingerprint density at radius 3 is 2.40 bits per heavy atom. The topological polar surface area (TPSA) is 91.1 Å². The number of fused-ring (bicyclic) bond motifs is 1. The number of rotatable bonds is 8. The monoisotopic (exact) mass is 580 g/mol. The lowest BCUT2D eigenvalue weighted by Gasteiger charge is -2.09. The molecule has 0 saturated heterocycles. The Balaban J connectivity index is 1.23. The maximum Gasteiger partial charge on any atom is 0.282 e. The molecule has 6 rings (SSSR count). The molecular formula is C33H26F2N4O4. The average Bonchev–Trinajstić information content (AvgIpc) is 3.54. The summed E-state index contributed by atoms with van der Waals surface area (Å²) in [6.07, 6.45) is 1.38. The second-order valence-electron chi connectivity index (χ2n) is 10.0. The SMILES string of the molecule is COc1ccc(-c2cc3c(Oc4ccc(CC(=O)c5c(C)n(C)n(-c6ccc(F)cc6)c5=O)cc4F)ccnc3[nH]2)cc1. The molecule has 0 aliphatic rings. The van der Waals surface area contributed by atoms with Crippen LogP contribution in [0.25, 0.3) is 28.0 Å². The normalized spacial score (nSPS) is 11.2. The average molecular weight is 581 g/mol. The van der Waals surface area contributed by atoms with Gasteiger partial charge in [-0.2, -0.15) is 0 Å². The van der Waals surface area contributed by atoms with Gasteiger partial charge in [-0.1, -0.05) is 6.07 Å². The number of ketones is 1. The summed E-state index contributed by atoms with van der Waals surface area (Å²) in [5, 5.41) is 0.670. The highest BCUT2D eigenvalue weighted by Gasteiger charge is 2.23. The van der Waals surface area contributed by atoms with E-state index < -0.39 is 23.0 Å². The molecule has 0 aliphatic heterocycles. The number of benzene rings is 3. The standard InChI is InChI=1S/C33H26F2N4O4/c1-19-31(33(41)39(38(19)2)23-9-7-22(34)8-10-23)28(40)17-20-4-13-30(26(35)16-20)43-29-14-15-36-32-25(29)18-27(37-32)21-5-11-24(42-3)12-6-21/h4-16,18H,17H2,1-3H3,(H,36,37). The molecular weight excluding hydrogens is 554 g/mol. The number of Topliss-reactive ketones (excluding diaryl/α,β-unsaturated/α-hetero) is 1. The van der Waals surface area contributed by atoms with Crippen molar-refractivity contribution in [2.75, 3.05) is 7.11 Å². The lowest BCUT2D eigenvalue weighted by Crippen LogP contribution is -2.23. The molecule has 216 valence electrons. The van der Waals surface area contributed by atoms with E-state index >= 15 is 4.39 Å². The molecule has 0 saturated carbocycles. The zero-order valence-electron chi connectivity index (χ0n) is 23.5. The van der Waals surface area contributed by atoms with Gasteiger partial charge in [0.05, 0.1) is 18.2 Å². The third-order valence-electron chi connectivity index (χ3n) is 7.38. The van der Waals surface area contributed by atoms with E-state index in [0.29, 0.717) is 33.7 Å². The molecule has 8 nitrogen and oxygen atoms in total. The van der Waals surface area contributed by atoms with Crippen molar-refractivity contribution in [1.29, 1.82) is 0 Å². The van der Waals surface area contributed by atoms with E-state index in [1.54, 1.807) is 39.4 Å². The summed E-state index contributed by atoms with van der Waals surface area (Å²) in [7, 11) is 3.25. The number of H-pyrrole nitrogens is 1. The first-order valence-corrected chi connectivity index (χ1v) is 13.4. The van der Waals surface area contributed by atoms with Crippen LogP contribution >= 0.6 is 0 Å². The van der Waals surface area contributed by atoms with Gasteiger partial charge in [0, 0.05) is 31.1 Å². The highest BCUT2D eigenvalue weighted by Crippen LogP contribution is 2.34. The number of aromatic nitrogens is 4. The van der Waals surface area contributed by atoms with Crippen molar-refractivity contribution < 1.29 is 23.0 Å². The summed E-state index contributed by atoms with van der Waals surface area (Å²) in [5.41, 5.74) is 3.03. The molecule has 0 radical (unpaired) electrons. The van der Waals surface area contributed by atoms with E-state index in [9.17, 15) is 14.0 Å². The molecule has 3 heterocycles. The smallest absolute Gasteiger partial charge is 0.282 e. The van der Waals surface area contributed by atoms with E-state index in [0.717, 1.165) is 17.0 Å². The fourth-order valence-corrected chi connectivity index (χ4v) is 5.05. The number of pyridine rings is 1. The Labute approximate surface area is 244 Å². The van der Waals surface area contributed by atoms with E-state index in [1.807, 2.05) is 30.3 Å². The van der Waals surface area contributed by atoms with Crippen molar-refractivity contribution in [2.24, 2.45) is 7.05 Å². The lowest BCUT2D eigenvalue weighted by atomic mass is 10.0. The lowest BCUT2D eigenvalue weighted by molar-refractivity contribution is 0.0991. The third-order valence-corrected chi connectivity index (χ3v) is 7.38. The Hall–Kier alpha value is -5.51. The Bertz CT molecular complexity index is 2040. The number of nitrogens with zero attached hydrogens (tertiary/aromatic N) is 3. The first-order chi connectivity index (χ1) is 20.7. The van der Waals surface area contributed by atoms with Crippen molar-refractivity contribution in [3.05, 3.63) is 124 Å². The van der Waals surface area contributed by atoms with E-state index in [2.05, 4.69) is 9.97 Å². The molecule has 3 aromatic heterocycles. The number of aromatic amines is 1. The van der Waals surface area contributed by atoms with Gasteiger partial charge in [0.1, 0.15) is 28.5 Å². The molecule has 3 aromatic carbocycles. The van der Waals surface area contributed by atoms with Gasteiger partial charge in [0.25, 0.3) is 5.56 Å². The Morgan fingerprint density at radius 2 is 1.70 bits per heavy atom. The van der Waals surface area contributed by atoms with Gasteiger partial charge < -0.3 is 14.5 Å². The molecule has 0 fully saturated rings. The first kappa shape index (κ1) is 27.6.